The summed E-state index contributed by atoms with van der Waals surface area (Å²) >= 11 is 0. The number of carbonyl (C=O) groups is 5. The summed E-state index contributed by atoms with van der Waals surface area (Å²) in [5, 5.41) is 16.0. The lowest BCUT2D eigenvalue weighted by Gasteiger charge is -2.72. The Kier molecular flexibility index (Phi) is 9.49. The quantitative estimate of drug-likeness (QED) is 0.201. The number of ether oxygens (including phenoxy) is 1. The molecule has 7 rings (SSSR count). The van der Waals surface area contributed by atoms with Crippen LogP contribution in [0, 0.1) is 68.0 Å². The van der Waals surface area contributed by atoms with Gasteiger partial charge in [-0.15, -0.1) is 0 Å². The molecular formula is C46H70N2O7. The molecule has 0 spiro atoms. The summed E-state index contributed by atoms with van der Waals surface area (Å²) in [5.74, 6) is -1.04. The molecule has 0 heterocycles. The number of carboxylic acid groups (broad SMARTS) is 1. The summed E-state index contributed by atoms with van der Waals surface area (Å²) in [6.45, 7) is 23.9. The highest BCUT2D eigenvalue weighted by Gasteiger charge is 2.71. The molecule has 0 aromatic heterocycles. The Morgan fingerprint density at radius 2 is 1.49 bits per heavy atom. The number of nitrogens with one attached hydrogen (secondary N) is 2. The van der Waals surface area contributed by atoms with Gasteiger partial charge in [-0.05, 0) is 141 Å². The molecule has 0 radical (unpaired) electrons. The summed E-state index contributed by atoms with van der Waals surface area (Å²) in [6, 6.07) is 0.261. The minimum absolute atomic E-state index is 0.00785. The molecule has 0 bridgehead atoms. The van der Waals surface area contributed by atoms with Gasteiger partial charge in [0.2, 0.25) is 11.8 Å². The lowest BCUT2D eigenvalue weighted by molar-refractivity contribution is -0.236. The largest absolute Gasteiger partial charge is 0.481 e. The van der Waals surface area contributed by atoms with E-state index in [1.165, 1.54) is 0 Å². The molecule has 9 heteroatoms. The maximum atomic E-state index is 14.8. The van der Waals surface area contributed by atoms with Crippen LogP contribution in [0.3, 0.4) is 0 Å². The summed E-state index contributed by atoms with van der Waals surface area (Å²) in [6.07, 6.45) is 9.92. The number of amides is 2. The van der Waals surface area contributed by atoms with Gasteiger partial charge in [-0.3, -0.25) is 24.0 Å². The van der Waals surface area contributed by atoms with E-state index in [-0.39, 0.29) is 82.1 Å². The number of esters is 1. The number of hydrogen-bond donors (Lipinski definition) is 3. The van der Waals surface area contributed by atoms with E-state index in [1.807, 2.05) is 27.7 Å². The van der Waals surface area contributed by atoms with Crippen molar-refractivity contribution in [1.29, 1.82) is 0 Å². The third-order valence-electron chi connectivity index (χ3n) is 17.9. The van der Waals surface area contributed by atoms with Crippen LogP contribution in [0.5, 0.6) is 0 Å². The molecule has 0 saturated heterocycles. The molecule has 306 valence electrons. The maximum absolute atomic E-state index is 14.8. The molecule has 3 N–H and O–H groups in total. The van der Waals surface area contributed by atoms with Crippen molar-refractivity contribution in [1.82, 2.24) is 10.6 Å². The van der Waals surface area contributed by atoms with Gasteiger partial charge in [-0.1, -0.05) is 62.3 Å². The fourth-order valence-electron chi connectivity index (χ4n) is 14.4. The average Bonchev–Trinajstić information content (AvgIpc) is 3.80. The van der Waals surface area contributed by atoms with Gasteiger partial charge < -0.3 is 20.5 Å². The van der Waals surface area contributed by atoms with Gasteiger partial charge in [-0.2, -0.15) is 0 Å². The Bertz CT molecular complexity index is 1700. The van der Waals surface area contributed by atoms with Crippen molar-refractivity contribution in [3.8, 4) is 0 Å². The second-order valence-corrected chi connectivity index (χ2v) is 22.4. The first-order valence-corrected chi connectivity index (χ1v) is 21.7. The number of allylic oxidation sites excluding steroid dienone is 1. The van der Waals surface area contributed by atoms with E-state index in [0.717, 1.165) is 68.9 Å². The molecule has 0 aromatic carbocycles. The van der Waals surface area contributed by atoms with Crippen molar-refractivity contribution in [2.75, 3.05) is 0 Å². The van der Waals surface area contributed by atoms with E-state index in [4.69, 9.17) is 4.74 Å². The van der Waals surface area contributed by atoms with E-state index in [1.54, 1.807) is 0 Å². The van der Waals surface area contributed by atoms with Gasteiger partial charge in [0.25, 0.3) is 0 Å². The lowest BCUT2D eigenvalue weighted by Crippen LogP contribution is -2.66. The fourth-order valence-corrected chi connectivity index (χ4v) is 14.4. The van der Waals surface area contributed by atoms with Crippen LogP contribution in [-0.2, 0) is 28.7 Å². The van der Waals surface area contributed by atoms with Crippen LogP contribution in [0.25, 0.3) is 0 Å². The third-order valence-corrected chi connectivity index (χ3v) is 17.9. The van der Waals surface area contributed by atoms with Crippen molar-refractivity contribution in [3.05, 3.63) is 11.1 Å². The van der Waals surface area contributed by atoms with Gasteiger partial charge in [0.15, 0.2) is 5.78 Å². The molecule has 7 aliphatic rings. The Morgan fingerprint density at radius 1 is 0.818 bits per heavy atom. The molecule has 0 unspecified atom stereocenters. The van der Waals surface area contributed by atoms with Crippen molar-refractivity contribution >= 4 is 29.5 Å². The fraction of sp³-hybridized carbons (Fsp3) is 0.848. The molecule has 0 aliphatic heterocycles. The highest BCUT2D eigenvalue weighted by atomic mass is 16.5. The molecule has 2 amide bonds. The Hall–Kier alpha value is -2.71. The average molecular weight is 763 g/mol. The van der Waals surface area contributed by atoms with Crippen molar-refractivity contribution in [2.24, 2.45) is 68.0 Å². The van der Waals surface area contributed by atoms with E-state index in [0.29, 0.717) is 24.7 Å². The van der Waals surface area contributed by atoms with Gasteiger partial charge >= 0.3 is 11.9 Å². The monoisotopic (exact) mass is 763 g/mol. The molecule has 10 atom stereocenters. The van der Waals surface area contributed by atoms with Crippen molar-refractivity contribution < 1.29 is 33.8 Å². The summed E-state index contributed by atoms with van der Waals surface area (Å²) in [7, 11) is 0. The normalized spacial score (nSPS) is 41.6. The standard InChI is InChI=1S/C46H70N2O7/c1-25(2)35-30(49)23-46(39(54)48-40(3,4)24-34(50)47-26-12-13-26)21-20-44(10)27(36(35)46)14-15-32-43(9)18-17-33(42(7,8)31(43)16-19-45(32,44)11)55-38(53)29-22-28(37(51)52)41(29,5)6/h25-29,31-33H,12-24H2,1-11H3,(H,47,50)(H,48,54)(H,51,52)/t27-,28+,29-,31+,32-,33+,43+,44-,45-,46-/m1/s1. The number of aliphatic carboxylic acids is 1. The number of rotatable bonds is 9. The number of ketones is 1. The van der Waals surface area contributed by atoms with Crippen LogP contribution in [0.1, 0.15) is 160 Å². The molecular weight excluding hydrogens is 693 g/mol. The van der Waals surface area contributed by atoms with Gasteiger partial charge in [-0.25, -0.2) is 0 Å². The third kappa shape index (κ3) is 5.99. The predicted octanol–water partition coefficient (Wildman–Crippen LogP) is 8.19. The predicted molar refractivity (Wildman–Crippen MR) is 210 cm³/mol. The van der Waals surface area contributed by atoms with E-state index in [9.17, 15) is 29.1 Å². The Balaban J connectivity index is 1.14. The molecule has 6 saturated carbocycles. The second-order valence-electron chi connectivity index (χ2n) is 22.4. The van der Waals surface area contributed by atoms with Crippen LogP contribution in [0.2, 0.25) is 0 Å². The Morgan fingerprint density at radius 3 is 2.09 bits per heavy atom. The molecule has 6 fully saturated rings. The second kappa shape index (κ2) is 12.9. The molecule has 0 aromatic rings. The first kappa shape index (κ1) is 40.5. The minimum atomic E-state index is -0.876. The van der Waals surface area contributed by atoms with Crippen LogP contribution in [-0.4, -0.2) is 52.3 Å². The highest BCUT2D eigenvalue weighted by molar-refractivity contribution is 6.07. The maximum Gasteiger partial charge on any atom is 0.309 e. The molecule has 7 aliphatic carbocycles. The SMILES string of the molecule is CC(C)C1=C2[C@H]3CC[C@@H]4[C@@]5(C)CC[C@H](OC(=O)[C@H]6C[C@@H](C(=O)O)C6(C)C)C(C)(C)[C@@H]5CC[C@@]4(C)[C@]3(C)CC[C@@]2(C(=O)NC(C)(C)CC(=O)NC2CC2)CC1=O. The van der Waals surface area contributed by atoms with Gasteiger partial charge in [0.1, 0.15) is 6.10 Å². The topological polar surface area (TPSA) is 139 Å². The minimum Gasteiger partial charge on any atom is -0.481 e. The highest BCUT2D eigenvalue weighted by Crippen LogP contribution is 2.77. The zero-order valence-electron chi connectivity index (χ0n) is 35.7. The van der Waals surface area contributed by atoms with Crippen molar-refractivity contribution in [2.45, 2.75) is 177 Å². The smallest absolute Gasteiger partial charge is 0.309 e. The number of carbonyl (C=O) groups excluding carboxylic acids is 4. The van der Waals surface area contributed by atoms with Crippen LogP contribution in [0.4, 0.5) is 0 Å². The van der Waals surface area contributed by atoms with Crippen LogP contribution in [0.15, 0.2) is 11.1 Å². The van der Waals surface area contributed by atoms with Gasteiger partial charge in [0, 0.05) is 29.8 Å². The number of fused-ring (bicyclic) bond motifs is 7. The van der Waals surface area contributed by atoms with E-state index >= 15 is 0 Å². The zero-order valence-corrected chi connectivity index (χ0v) is 35.7. The first-order chi connectivity index (χ1) is 25.4. The summed E-state index contributed by atoms with van der Waals surface area (Å²) in [5.41, 5.74) is -0.556. The summed E-state index contributed by atoms with van der Waals surface area (Å²) < 4.78 is 6.41. The number of Topliss-reactive ketones (excluding diaryl/α,β-unsaturated/α-hetero) is 1. The first-order valence-electron chi connectivity index (χ1n) is 21.7. The van der Waals surface area contributed by atoms with Gasteiger partial charge in [0.05, 0.1) is 17.3 Å². The van der Waals surface area contributed by atoms with Crippen molar-refractivity contribution in [3.63, 3.8) is 0 Å². The van der Waals surface area contributed by atoms with E-state index in [2.05, 4.69) is 59.1 Å². The lowest BCUT2D eigenvalue weighted by atomic mass is 9.33. The van der Waals surface area contributed by atoms with E-state index < -0.39 is 34.2 Å². The molecule has 55 heavy (non-hydrogen) atoms. The van der Waals surface area contributed by atoms with Crippen LogP contribution >= 0.6 is 0 Å². The number of hydrogen-bond acceptors (Lipinski definition) is 6. The summed E-state index contributed by atoms with van der Waals surface area (Å²) in [4.78, 5) is 67.1. The number of carboxylic acids is 1. The Labute approximate surface area is 329 Å². The van der Waals surface area contributed by atoms with Crippen LogP contribution < -0.4 is 10.6 Å². The molecule has 9 nitrogen and oxygen atoms in total. The zero-order chi connectivity index (χ0) is 40.5.